The van der Waals surface area contributed by atoms with Gasteiger partial charge >= 0.3 is 6.09 Å². The van der Waals surface area contributed by atoms with Crippen LogP contribution in [0.3, 0.4) is 0 Å². The Morgan fingerprint density at radius 3 is 2.82 bits per heavy atom. The van der Waals surface area contributed by atoms with E-state index >= 15 is 0 Å². The highest BCUT2D eigenvalue weighted by Gasteiger charge is 2.31. The number of nitriles is 1. The Labute approximate surface area is 193 Å². The number of nitrogens with zero attached hydrogens (tertiary/aromatic N) is 4. The third kappa shape index (κ3) is 5.06. The Kier molecular flexibility index (Phi) is 6.18. The van der Waals surface area contributed by atoms with E-state index in [9.17, 15) is 10.1 Å². The van der Waals surface area contributed by atoms with Gasteiger partial charge in [-0.2, -0.15) is 5.26 Å². The molecule has 0 aliphatic carbocycles. The van der Waals surface area contributed by atoms with Gasteiger partial charge in [-0.15, -0.1) is 0 Å². The van der Waals surface area contributed by atoms with E-state index in [1.807, 2.05) is 43.9 Å². The highest BCUT2D eigenvalue weighted by atomic mass is 16.6. The molecule has 1 aromatic heterocycles. The standard InChI is InChI=1S/C24H28N4O5/c1-24(2,3)33-23(29)27-8-7-19(15-27)32-18-5-6-21-20(12-18)28(9-10-31-21)17-11-16(13-25)22(30-4)26-14-17/h5-6,11-12,14,19H,7-10,15H2,1-4H3. The lowest BCUT2D eigenvalue weighted by Crippen LogP contribution is -2.36. The second-order valence-electron chi connectivity index (χ2n) is 8.95. The van der Waals surface area contributed by atoms with Gasteiger partial charge in [0.15, 0.2) is 0 Å². The molecule has 1 aromatic carbocycles. The average Bonchev–Trinajstić information content (AvgIpc) is 3.26. The fourth-order valence-corrected chi connectivity index (χ4v) is 3.88. The van der Waals surface area contributed by atoms with Crippen molar-refractivity contribution in [1.29, 1.82) is 5.26 Å². The van der Waals surface area contributed by atoms with Gasteiger partial charge in [0.25, 0.3) is 0 Å². The molecule has 1 unspecified atom stereocenters. The minimum Gasteiger partial charge on any atom is -0.490 e. The maximum absolute atomic E-state index is 12.3. The SMILES string of the molecule is COc1ncc(N2CCOc3ccc(OC4CCN(C(=O)OC(C)(C)C)C4)cc32)cc1C#N. The molecule has 0 bridgehead atoms. The van der Waals surface area contributed by atoms with E-state index in [4.69, 9.17) is 18.9 Å². The van der Waals surface area contributed by atoms with Crippen LogP contribution in [0.15, 0.2) is 30.5 Å². The molecule has 0 N–H and O–H groups in total. The lowest BCUT2D eigenvalue weighted by atomic mass is 10.2. The van der Waals surface area contributed by atoms with E-state index in [-0.39, 0.29) is 12.2 Å². The number of methoxy groups -OCH3 is 1. The zero-order valence-electron chi connectivity index (χ0n) is 19.3. The average molecular weight is 453 g/mol. The molecule has 0 saturated carbocycles. The first-order valence-electron chi connectivity index (χ1n) is 10.9. The van der Waals surface area contributed by atoms with Crippen LogP contribution in [0.2, 0.25) is 0 Å². The van der Waals surface area contributed by atoms with Crippen LogP contribution in [0.1, 0.15) is 32.8 Å². The van der Waals surface area contributed by atoms with Gasteiger partial charge in [0.1, 0.15) is 41.4 Å². The number of rotatable bonds is 4. The summed E-state index contributed by atoms with van der Waals surface area (Å²) in [5.74, 6) is 1.70. The third-order valence-electron chi connectivity index (χ3n) is 5.36. The lowest BCUT2D eigenvalue weighted by Gasteiger charge is -2.31. The van der Waals surface area contributed by atoms with Gasteiger partial charge in [-0.05, 0) is 39.0 Å². The quantitative estimate of drug-likeness (QED) is 0.689. The molecule has 2 aromatic rings. The van der Waals surface area contributed by atoms with Gasteiger partial charge < -0.3 is 28.7 Å². The number of anilines is 2. The summed E-state index contributed by atoms with van der Waals surface area (Å²) in [6.07, 6.45) is 1.96. The minimum atomic E-state index is -0.528. The van der Waals surface area contributed by atoms with Crippen molar-refractivity contribution in [3.8, 4) is 23.4 Å². The summed E-state index contributed by atoms with van der Waals surface area (Å²) in [6.45, 7) is 7.74. The second-order valence-corrected chi connectivity index (χ2v) is 8.95. The van der Waals surface area contributed by atoms with Gasteiger partial charge in [-0.1, -0.05) is 0 Å². The van der Waals surface area contributed by atoms with Crippen LogP contribution in [-0.4, -0.2) is 61.0 Å². The monoisotopic (exact) mass is 452 g/mol. The number of fused-ring (bicyclic) bond motifs is 1. The Morgan fingerprint density at radius 2 is 2.09 bits per heavy atom. The molecule has 33 heavy (non-hydrogen) atoms. The van der Waals surface area contributed by atoms with Crippen molar-refractivity contribution in [2.45, 2.75) is 38.9 Å². The van der Waals surface area contributed by atoms with Crippen molar-refractivity contribution >= 4 is 17.5 Å². The molecule has 9 nitrogen and oxygen atoms in total. The van der Waals surface area contributed by atoms with Crippen LogP contribution in [-0.2, 0) is 4.74 Å². The maximum atomic E-state index is 12.3. The summed E-state index contributed by atoms with van der Waals surface area (Å²) >= 11 is 0. The van der Waals surface area contributed by atoms with Crippen molar-refractivity contribution in [1.82, 2.24) is 9.88 Å². The number of benzene rings is 1. The van der Waals surface area contributed by atoms with Crippen molar-refractivity contribution in [3.63, 3.8) is 0 Å². The van der Waals surface area contributed by atoms with Gasteiger partial charge in [0.05, 0.1) is 37.8 Å². The summed E-state index contributed by atoms with van der Waals surface area (Å²) in [7, 11) is 1.49. The summed E-state index contributed by atoms with van der Waals surface area (Å²) in [4.78, 5) is 20.3. The zero-order valence-corrected chi connectivity index (χ0v) is 19.3. The third-order valence-corrected chi connectivity index (χ3v) is 5.36. The predicted molar refractivity (Wildman–Crippen MR) is 121 cm³/mol. The number of ether oxygens (including phenoxy) is 4. The van der Waals surface area contributed by atoms with Crippen molar-refractivity contribution in [2.24, 2.45) is 0 Å². The Hall–Kier alpha value is -3.67. The van der Waals surface area contributed by atoms with Gasteiger partial charge in [-0.25, -0.2) is 9.78 Å². The van der Waals surface area contributed by atoms with Crippen molar-refractivity contribution in [2.75, 3.05) is 38.3 Å². The smallest absolute Gasteiger partial charge is 0.410 e. The molecular weight excluding hydrogens is 424 g/mol. The zero-order chi connectivity index (χ0) is 23.6. The van der Waals surface area contributed by atoms with Crippen LogP contribution in [0.4, 0.5) is 16.2 Å². The number of aromatic nitrogens is 1. The van der Waals surface area contributed by atoms with Gasteiger partial charge in [0.2, 0.25) is 5.88 Å². The van der Waals surface area contributed by atoms with Crippen molar-refractivity contribution in [3.05, 3.63) is 36.0 Å². The normalized spacial score (nSPS) is 17.6. The first-order valence-corrected chi connectivity index (χ1v) is 10.9. The number of carbonyl (C=O) groups is 1. The fourth-order valence-electron chi connectivity index (χ4n) is 3.88. The molecule has 1 amide bonds. The highest BCUT2D eigenvalue weighted by molar-refractivity contribution is 5.72. The molecule has 2 aliphatic rings. The lowest BCUT2D eigenvalue weighted by molar-refractivity contribution is 0.0275. The Balaban J connectivity index is 1.50. The van der Waals surface area contributed by atoms with Crippen LogP contribution in [0.5, 0.6) is 17.4 Å². The first-order chi connectivity index (χ1) is 15.8. The topological polar surface area (TPSA) is 97.2 Å². The molecule has 0 spiro atoms. The molecule has 9 heteroatoms. The number of pyridine rings is 1. The van der Waals surface area contributed by atoms with Gasteiger partial charge in [0, 0.05) is 19.0 Å². The second kappa shape index (κ2) is 9.06. The number of carbonyl (C=O) groups excluding carboxylic acids is 1. The Morgan fingerprint density at radius 1 is 1.27 bits per heavy atom. The summed E-state index contributed by atoms with van der Waals surface area (Å²) in [5.41, 5.74) is 1.44. The summed E-state index contributed by atoms with van der Waals surface area (Å²) in [5, 5.41) is 9.42. The van der Waals surface area contributed by atoms with E-state index in [0.29, 0.717) is 43.4 Å². The van der Waals surface area contributed by atoms with E-state index in [1.165, 1.54) is 7.11 Å². The molecule has 4 rings (SSSR count). The highest BCUT2D eigenvalue weighted by Crippen LogP contribution is 2.40. The van der Waals surface area contributed by atoms with Crippen LogP contribution < -0.4 is 19.1 Å². The Bertz CT molecular complexity index is 1080. The number of hydrogen-bond acceptors (Lipinski definition) is 8. The number of amides is 1. The minimum absolute atomic E-state index is 0.124. The summed E-state index contributed by atoms with van der Waals surface area (Å²) in [6, 6.07) is 9.54. The molecule has 2 aliphatic heterocycles. The van der Waals surface area contributed by atoms with Gasteiger partial charge in [-0.3, -0.25) is 0 Å². The fraction of sp³-hybridized carbons (Fsp3) is 0.458. The predicted octanol–water partition coefficient (Wildman–Crippen LogP) is 3.88. The van der Waals surface area contributed by atoms with Crippen LogP contribution in [0, 0.1) is 11.3 Å². The van der Waals surface area contributed by atoms with Crippen LogP contribution >= 0.6 is 0 Å². The molecule has 1 fully saturated rings. The maximum Gasteiger partial charge on any atom is 0.410 e. The molecule has 174 valence electrons. The molecular formula is C24H28N4O5. The van der Waals surface area contributed by atoms with Crippen molar-refractivity contribution < 1.29 is 23.7 Å². The largest absolute Gasteiger partial charge is 0.490 e. The van der Waals surface area contributed by atoms with E-state index < -0.39 is 5.60 Å². The number of likely N-dealkylation sites (tertiary alicyclic amines) is 1. The van der Waals surface area contributed by atoms with E-state index in [0.717, 1.165) is 23.5 Å². The summed E-state index contributed by atoms with van der Waals surface area (Å²) < 4.78 is 22.6. The number of hydrogen-bond donors (Lipinski definition) is 0. The van der Waals surface area contributed by atoms with E-state index in [1.54, 1.807) is 17.2 Å². The molecule has 3 heterocycles. The molecule has 1 atom stereocenters. The first kappa shape index (κ1) is 22.5. The molecule has 0 radical (unpaired) electrons. The van der Waals surface area contributed by atoms with Crippen LogP contribution in [0.25, 0.3) is 0 Å². The molecule has 1 saturated heterocycles. The van der Waals surface area contributed by atoms with E-state index in [2.05, 4.69) is 11.1 Å².